The van der Waals surface area contributed by atoms with Crippen LogP contribution in [0.15, 0.2) is 12.2 Å². The predicted octanol–water partition coefficient (Wildman–Crippen LogP) is 1.75. The second-order valence-corrected chi connectivity index (χ2v) is 3.21. The molecule has 0 radical (unpaired) electrons. The molecule has 17 heavy (non-hydrogen) atoms. The Morgan fingerprint density at radius 3 is 1.65 bits per heavy atom. The summed E-state index contributed by atoms with van der Waals surface area (Å²) < 4.78 is 0. The van der Waals surface area contributed by atoms with Gasteiger partial charge in [0.25, 0.3) is 0 Å². The molecule has 0 bridgehead atoms. The van der Waals surface area contributed by atoms with E-state index in [9.17, 15) is 14.4 Å². The van der Waals surface area contributed by atoms with Crippen LogP contribution < -0.4 is 0 Å². The molecule has 0 aliphatic rings. The summed E-state index contributed by atoms with van der Waals surface area (Å²) in [5.41, 5.74) is 0. The van der Waals surface area contributed by atoms with Crippen molar-refractivity contribution < 1.29 is 29.7 Å². The van der Waals surface area contributed by atoms with Gasteiger partial charge in [0.1, 0.15) is 0 Å². The lowest BCUT2D eigenvalue weighted by Gasteiger charge is -1.92. The molecule has 0 aromatic heterocycles. The van der Waals surface area contributed by atoms with Crippen LogP contribution in [-0.4, -0.2) is 33.2 Å². The Morgan fingerprint density at radius 1 is 0.882 bits per heavy atom. The zero-order valence-corrected chi connectivity index (χ0v) is 9.76. The lowest BCUT2D eigenvalue weighted by atomic mass is 10.2. The average Bonchev–Trinajstić information content (AvgIpc) is 2.22. The monoisotopic (exact) mass is 246 g/mol. The first kappa shape index (κ1) is 17.5. The molecule has 0 unspecified atom stereocenters. The Labute approximate surface area is 99.6 Å². The minimum Gasteiger partial charge on any atom is -0.481 e. The number of rotatable bonds is 7. The van der Waals surface area contributed by atoms with E-state index in [-0.39, 0.29) is 0 Å². The molecule has 0 spiro atoms. The van der Waals surface area contributed by atoms with Crippen molar-refractivity contribution in [1.29, 1.82) is 0 Å². The summed E-state index contributed by atoms with van der Waals surface area (Å²) in [5, 5.41) is 23.8. The van der Waals surface area contributed by atoms with Gasteiger partial charge in [-0.1, -0.05) is 26.2 Å². The van der Waals surface area contributed by atoms with E-state index in [1.165, 1.54) is 6.42 Å². The summed E-state index contributed by atoms with van der Waals surface area (Å²) >= 11 is 0. The largest absolute Gasteiger partial charge is 0.481 e. The second kappa shape index (κ2) is 12.2. The summed E-state index contributed by atoms with van der Waals surface area (Å²) in [6, 6.07) is 0. The number of hydrogen-bond donors (Lipinski definition) is 3. The normalized spacial score (nSPS) is 9.47. The molecule has 0 saturated heterocycles. The van der Waals surface area contributed by atoms with E-state index in [1.54, 1.807) is 0 Å². The molecule has 0 aromatic carbocycles. The molecule has 0 aliphatic carbocycles. The first-order chi connectivity index (χ1) is 7.90. The number of hydrogen-bond acceptors (Lipinski definition) is 3. The van der Waals surface area contributed by atoms with E-state index in [2.05, 4.69) is 6.92 Å². The fourth-order valence-electron chi connectivity index (χ4n) is 0.846. The molecular weight excluding hydrogens is 228 g/mol. The highest BCUT2D eigenvalue weighted by atomic mass is 16.4. The molecule has 0 atom stereocenters. The van der Waals surface area contributed by atoms with Crippen molar-refractivity contribution in [2.75, 3.05) is 0 Å². The standard InChI is InChI=1S/C7H14O2.C4H4O4/c1-2-3-4-5-6-7(8)9;5-3(6)1-2-4(7)8/h2-6H2,1H3,(H,8,9);1-2H,(H,5,6)(H,7,8)/b;2-1+. The molecular formula is C11H18O6. The fraction of sp³-hybridized carbons (Fsp3) is 0.545. The van der Waals surface area contributed by atoms with Gasteiger partial charge >= 0.3 is 17.9 Å². The van der Waals surface area contributed by atoms with Gasteiger partial charge in [-0.15, -0.1) is 0 Å². The molecule has 0 saturated carbocycles. The third kappa shape index (κ3) is 24.9. The third-order valence-electron chi connectivity index (χ3n) is 1.61. The number of aliphatic carboxylic acids is 3. The van der Waals surface area contributed by atoms with Crippen LogP contribution in [0.2, 0.25) is 0 Å². The van der Waals surface area contributed by atoms with Crippen LogP contribution in [0.5, 0.6) is 0 Å². The molecule has 0 aromatic rings. The molecule has 6 heteroatoms. The summed E-state index contributed by atoms with van der Waals surface area (Å²) in [5.74, 6) is -3.19. The van der Waals surface area contributed by atoms with Gasteiger partial charge in [-0.2, -0.15) is 0 Å². The van der Waals surface area contributed by atoms with Crippen molar-refractivity contribution >= 4 is 17.9 Å². The Hall–Kier alpha value is -1.85. The van der Waals surface area contributed by atoms with Gasteiger partial charge in [-0.05, 0) is 6.42 Å². The van der Waals surface area contributed by atoms with E-state index >= 15 is 0 Å². The summed E-state index contributed by atoms with van der Waals surface area (Å²) in [4.78, 5) is 29.1. The van der Waals surface area contributed by atoms with Crippen molar-refractivity contribution in [3.63, 3.8) is 0 Å². The number of unbranched alkanes of at least 4 members (excludes halogenated alkanes) is 3. The minimum atomic E-state index is -1.26. The van der Waals surface area contributed by atoms with Crippen molar-refractivity contribution in [2.45, 2.75) is 39.0 Å². The number of carbonyl (C=O) groups is 3. The van der Waals surface area contributed by atoms with E-state index in [0.29, 0.717) is 18.6 Å². The SMILES string of the molecule is CCCCCCC(=O)O.O=C(O)/C=C/C(=O)O. The summed E-state index contributed by atoms with van der Waals surface area (Å²) in [7, 11) is 0. The Kier molecular flexibility index (Phi) is 12.6. The highest BCUT2D eigenvalue weighted by molar-refractivity contribution is 5.89. The molecule has 0 aliphatic heterocycles. The van der Waals surface area contributed by atoms with Crippen LogP contribution in [0.25, 0.3) is 0 Å². The van der Waals surface area contributed by atoms with Gasteiger partial charge in [0.15, 0.2) is 0 Å². The maximum absolute atomic E-state index is 9.96. The fourth-order valence-corrected chi connectivity index (χ4v) is 0.846. The van der Waals surface area contributed by atoms with Gasteiger partial charge in [-0.25, -0.2) is 9.59 Å². The number of carboxylic acids is 3. The minimum absolute atomic E-state index is 0.333. The van der Waals surface area contributed by atoms with Crippen LogP contribution in [0, 0.1) is 0 Å². The predicted molar refractivity (Wildman–Crippen MR) is 60.8 cm³/mol. The number of carboxylic acid groups (broad SMARTS) is 3. The Morgan fingerprint density at radius 2 is 1.35 bits per heavy atom. The summed E-state index contributed by atoms with van der Waals surface area (Å²) in [6.45, 7) is 2.11. The van der Waals surface area contributed by atoms with Crippen molar-refractivity contribution in [1.82, 2.24) is 0 Å². The molecule has 3 N–H and O–H groups in total. The molecule has 6 nitrogen and oxygen atoms in total. The topological polar surface area (TPSA) is 112 Å². The zero-order chi connectivity index (χ0) is 13.7. The van der Waals surface area contributed by atoms with Crippen molar-refractivity contribution in [3.8, 4) is 0 Å². The first-order valence-corrected chi connectivity index (χ1v) is 5.25. The average molecular weight is 246 g/mol. The maximum Gasteiger partial charge on any atom is 0.328 e. The first-order valence-electron chi connectivity index (χ1n) is 5.25. The van der Waals surface area contributed by atoms with E-state index < -0.39 is 17.9 Å². The lowest BCUT2D eigenvalue weighted by molar-refractivity contribution is -0.137. The molecule has 0 heterocycles. The van der Waals surface area contributed by atoms with Crippen LogP contribution in [0.3, 0.4) is 0 Å². The highest BCUT2D eigenvalue weighted by Gasteiger charge is 1.94. The smallest absolute Gasteiger partial charge is 0.328 e. The molecule has 98 valence electrons. The zero-order valence-electron chi connectivity index (χ0n) is 9.76. The van der Waals surface area contributed by atoms with Gasteiger partial charge in [0.05, 0.1) is 0 Å². The van der Waals surface area contributed by atoms with E-state index in [4.69, 9.17) is 15.3 Å². The van der Waals surface area contributed by atoms with E-state index in [1.807, 2.05) is 0 Å². The molecule has 0 amide bonds. The van der Waals surface area contributed by atoms with Gasteiger partial charge in [0.2, 0.25) is 0 Å². The van der Waals surface area contributed by atoms with Gasteiger partial charge < -0.3 is 15.3 Å². The van der Waals surface area contributed by atoms with Crippen molar-refractivity contribution in [2.24, 2.45) is 0 Å². The van der Waals surface area contributed by atoms with Crippen molar-refractivity contribution in [3.05, 3.63) is 12.2 Å². The Bertz CT molecular complexity index is 253. The quantitative estimate of drug-likeness (QED) is 0.466. The van der Waals surface area contributed by atoms with E-state index in [0.717, 1.165) is 19.3 Å². The van der Waals surface area contributed by atoms with Gasteiger partial charge in [-0.3, -0.25) is 4.79 Å². The maximum atomic E-state index is 9.96. The second-order valence-electron chi connectivity index (χ2n) is 3.21. The van der Waals surface area contributed by atoms with Crippen LogP contribution in [0.4, 0.5) is 0 Å². The van der Waals surface area contributed by atoms with Gasteiger partial charge in [0, 0.05) is 18.6 Å². The Balaban J connectivity index is 0. The third-order valence-corrected chi connectivity index (χ3v) is 1.61. The lowest BCUT2D eigenvalue weighted by Crippen LogP contribution is -1.92. The van der Waals surface area contributed by atoms with Crippen LogP contribution in [-0.2, 0) is 14.4 Å². The molecule has 0 rings (SSSR count). The highest BCUT2D eigenvalue weighted by Crippen LogP contribution is 2.01. The van der Waals surface area contributed by atoms with Crippen LogP contribution >= 0.6 is 0 Å². The summed E-state index contributed by atoms with van der Waals surface area (Å²) in [6.07, 6.45) is 5.67. The molecule has 0 fully saturated rings. The van der Waals surface area contributed by atoms with Crippen LogP contribution in [0.1, 0.15) is 39.0 Å².